The molecule has 2 aromatic rings. The summed E-state index contributed by atoms with van der Waals surface area (Å²) in [5.74, 6) is 0.930. The minimum Gasteiger partial charge on any atom is -0.457 e. The van der Waals surface area contributed by atoms with Crippen molar-refractivity contribution in [2.75, 3.05) is 27.7 Å². The third kappa shape index (κ3) is 4.57. The Bertz CT molecular complexity index is 684. The Labute approximate surface area is 136 Å². The summed E-state index contributed by atoms with van der Waals surface area (Å²) in [6.07, 6.45) is 0. The fourth-order valence-corrected chi connectivity index (χ4v) is 1.95. The van der Waals surface area contributed by atoms with E-state index < -0.39 is 0 Å². The number of rotatable bonds is 5. The fourth-order valence-electron chi connectivity index (χ4n) is 1.95. The van der Waals surface area contributed by atoms with Gasteiger partial charge in [-0.25, -0.2) is 0 Å². The molecule has 0 N–H and O–H groups in total. The molecule has 2 rings (SSSR count). The average Bonchev–Trinajstić information content (AvgIpc) is 2.55. The number of hydrogen-bond acceptors (Lipinski definition) is 3. The first-order valence-corrected chi connectivity index (χ1v) is 7.26. The second-order valence-corrected chi connectivity index (χ2v) is 5.39. The van der Waals surface area contributed by atoms with Crippen LogP contribution < -0.4 is 4.74 Å². The first kappa shape index (κ1) is 16.5. The van der Waals surface area contributed by atoms with Gasteiger partial charge in [-0.05, 0) is 30.3 Å². The molecule has 0 bridgehead atoms. The standard InChI is InChI=1S/C18H20N2O3/c1-19(2)17(21)13-20(3)18(22)14-8-7-11-16(12-14)23-15-9-5-4-6-10-15/h4-12H,13H2,1-3H3. The van der Waals surface area contributed by atoms with Crippen LogP contribution in [0.2, 0.25) is 0 Å². The normalized spacial score (nSPS) is 10.0. The first-order valence-electron chi connectivity index (χ1n) is 7.26. The van der Waals surface area contributed by atoms with Crippen molar-refractivity contribution in [2.24, 2.45) is 0 Å². The molecule has 0 aliphatic rings. The Hall–Kier alpha value is -2.82. The van der Waals surface area contributed by atoms with Crippen molar-refractivity contribution in [1.29, 1.82) is 0 Å². The van der Waals surface area contributed by atoms with Crippen molar-refractivity contribution in [2.45, 2.75) is 0 Å². The van der Waals surface area contributed by atoms with E-state index in [1.54, 1.807) is 45.4 Å². The quantitative estimate of drug-likeness (QED) is 0.853. The predicted molar refractivity (Wildman–Crippen MR) is 88.6 cm³/mol. The van der Waals surface area contributed by atoms with Crippen LogP contribution in [0.1, 0.15) is 10.4 Å². The van der Waals surface area contributed by atoms with Gasteiger partial charge in [-0.1, -0.05) is 24.3 Å². The minimum absolute atomic E-state index is 0.0373. The maximum absolute atomic E-state index is 12.4. The van der Waals surface area contributed by atoms with Crippen LogP contribution >= 0.6 is 0 Å². The number of benzene rings is 2. The number of amides is 2. The number of ether oxygens (including phenoxy) is 1. The van der Waals surface area contributed by atoms with Crippen LogP contribution in [-0.2, 0) is 4.79 Å². The van der Waals surface area contributed by atoms with Gasteiger partial charge in [-0.2, -0.15) is 0 Å². The number of hydrogen-bond donors (Lipinski definition) is 0. The fraction of sp³-hybridized carbons (Fsp3) is 0.222. The lowest BCUT2D eigenvalue weighted by molar-refractivity contribution is -0.129. The van der Waals surface area contributed by atoms with Crippen molar-refractivity contribution in [3.8, 4) is 11.5 Å². The summed E-state index contributed by atoms with van der Waals surface area (Å²) in [7, 11) is 4.93. The van der Waals surface area contributed by atoms with Crippen LogP contribution in [0.15, 0.2) is 54.6 Å². The van der Waals surface area contributed by atoms with E-state index in [0.29, 0.717) is 17.1 Å². The molecule has 0 unspecified atom stereocenters. The van der Waals surface area contributed by atoms with E-state index in [1.807, 2.05) is 30.3 Å². The van der Waals surface area contributed by atoms with Crippen molar-refractivity contribution >= 4 is 11.8 Å². The molecule has 0 saturated carbocycles. The summed E-state index contributed by atoms with van der Waals surface area (Å²) in [6, 6.07) is 16.3. The van der Waals surface area contributed by atoms with Gasteiger partial charge in [0.15, 0.2) is 0 Å². The van der Waals surface area contributed by atoms with Gasteiger partial charge in [0, 0.05) is 26.7 Å². The van der Waals surface area contributed by atoms with Crippen molar-refractivity contribution < 1.29 is 14.3 Å². The Morgan fingerprint density at radius 2 is 1.57 bits per heavy atom. The lowest BCUT2D eigenvalue weighted by atomic mass is 10.2. The van der Waals surface area contributed by atoms with Gasteiger partial charge < -0.3 is 14.5 Å². The Morgan fingerprint density at radius 3 is 2.22 bits per heavy atom. The molecule has 0 aliphatic heterocycles. The number of para-hydroxylation sites is 1. The average molecular weight is 312 g/mol. The molecule has 0 aromatic heterocycles. The highest BCUT2D eigenvalue weighted by Crippen LogP contribution is 2.22. The molecule has 0 spiro atoms. The zero-order valence-corrected chi connectivity index (χ0v) is 13.5. The Balaban J connectivity index is 2.09. The first-order chi connectivity index (χ1) is 11.0. The van der Waals surface area contributed by atoms with Crippen molar-refractivity contribution in [3.63, 3.8) is 0 Å². The lowest BCUT2D eigenvalue weighted by Crippen LogP contribution is -2.37. The molecule has 5 nitrogen and oxygen atoms in total. The van der Waals surface area contributed by atoms with E-state index in [2.05, 4.69) is 0 Å². The van der Waals surface area contributed by atoms with Crippen LogP contribution in [0.3, 0.4) is 0 Å². The second-order valence-electron chi connectivity index (χ2n) is 5.39. The molecule has 0 aliphatic carbocycles. The third-order valence-electron chi connectivity index (χ3n) is 3.28. The molecule has 5 heteroatoms. The van der Waals surface area contributed by atoms with Crippen molar-refractivity contribution in [3.05, 3.63) is 60.2 Å². The van der Waals surface area contributed by atoms with Gasteiger partial charge in [0.25, 0.3) is 5.91 Å². The van der Waals surface area contributed by atoms with Crippen molar-refractivity contribution in [1.82, 2.24) is 9.80 Å². The molecule has 0 radical (unpaired) electrons. The largest absolute Gasteiger partial charge is 0.457 e. The van der Waals surface area contributed by atoms with E-state index in [-0.39, 0.29) is 18.4 Å². The monoisotopic (exact) mass is 312 g/mol. The number of likely N-dealkylation sites (N-methyl/N-ethyl adjacent to an activating group) is 2. The third-order valence-corrected chi connectivity index (χ3v) is 3.28. The van der Waals surface area contributed by atoms with E-state index >= 15 is 0 Å². The molecular weight excluding hydrogens is 292 g/mol. The predicted octanol–water partition coefficient (Wildman–Crippen LogP) is 2.64. The summed E-state index contributed by atoms with van der Waals surface area (Å²) < 4.78 is 5.72. The summed E-state index contributed by atoms with van der Waals surface area (Å²) in [5.41, 5.74) is 0.479. The SMILES string of the molecule is CN(C)C(=O)CN(C)C(=O)c1cccc(Oc2ccccc2)c1. The summed E-state index contributed by atoms with van der Waals surface area (Å²) >= 11 is 0. The second kappa shape index (κ2) is 7.45. The van der Waals surface area contributed by atoms with Gasteiger partial charge in [0.1, 0.15) is 11.5 Å². The number of nitrogens with zero attached hydrogens (tertiary/aromatic N) is 2. The lowest BCUT2D eigenvalue weighted by Gasteiger charge is -2.19. The highest BCUT2D eigenvalue weighted by atomic mass is 16.5. The highest BCUT2D eigenvalue weighted by molar-refractivity contribution is 5.96. The molecule has 2 amide bonds. The molecule has 0 saturated heterocycles. The molecule has 0 atom stereocenters. The Kier molecular flexibility index (Phi) is 5.36. The van der Waals surface area contributed by atoms with Gasteiger partial charge >= 0.3 is 0 Å². The highest BCUT2D eigenvalue weighted by Gasteiger charge is 2.16. The number of carbonyl (C=O) groups excluding carboxylic acids is 2. The van der Waals surface area contributed by atoms with Crippen LogP contribution in [-0.4, -0.2) is 49.3 Å². The maximum Gasteiger partial charge on any atom is 0.254 e. The van der Waals surface area contributed by atoms with Gasteiger partial charge in [-0.3, -0.25) is 9.59 Å². The van der Waals surface area contributed by atoms with E-state index in [9.17, 15) is 9.59 Å². The molecule has 2 aromatic carbocycles. The van der Waals surface area contributed by atoms with E-state index in [1.165, 1.54) is 9.80 Å². The molecule has 120 valence electrons. The maximum atomic E-state index is 12.4. The number of carbonyl (C=O) groups is 2. The molecule has 23 heavy (non-hydrogen) atoms. The van der Waals surface area contributed by atoms with E-state index in [4.69, 9.17) is 4.74 Å². The summed E-state index contributed by atoms with van der Waals surface area (Å²) in [4.78, 5) is 27.0. The van der Waals surface area contributed by atoms with Gasteiger partial charge in [0.2, 0.25) is 5.91 Å². The Morgan fingerprint density at radius 1 is 0.913 bits per heavy atom. The minimum atomic E-state index is -0.223. The van der Waals surface area contributed by atoms with Crippen LogP contribution in [0.5, 0.6) is 11.5 Å². The summed E-state index contributed by atoms with van der Waals surface area (Å²) in [5, 5.41) is 0. The molecule has 0 fully saturated rings. The zero-order chi connectivity index (χ0) is 16.8. The molecule has 0 heterocycles. The van der Waals surface area contributed by atoms with Crippen LogP contribution in [0.4, 0.5) is 0 Å². The zero-order valence-electron chi connectivity index (χ0n) is 13.5. The topological polar surface area (TPSA) is 49.9 Å². The van der Waals surface area contributed by atoms with Gasteiger partial charge in [0.05, 0.1) is 6.54 Å². The molecular formula is C18H20N2O3. The van der Waals surface area contributed by atoms with E-state index in [0.717, 1.165) is 0 Å². The smallest absolute Gasteiger partial charge is 0.254 e. The summed E-state index contributed by atoms with van der Waals surface area (Å²) in [6.45, 7) is 0.0373. The van der Waals surface area contributed by atoms with Crippen LogP contribution in [0.25, 0.3) is 0 Å². The van der Waals surface area contributed by atoms with Gasteiger partial charge in [-0.15, -0.1) is 0 Å². The van der Waals surface area contributed by atoms with Crippen LogP contribution in [0, 0.1) is 0 Å².